The van der Waals surface area contributed by atoms with Crippen molar-refractivity contribution in [2.45, 2.75) is 11.4 Å². The average molecular weight is 346 g/mol. The quantitative estimate of drug-likeness (QED) is 0.864. The standard InChI is InChI=1S/C13H13Cl2N3O2S/c1-18(8-9-2-4-17-5-3-9)21(19,20)13-11(15)6-10(14)7-12(13)16/h2-7H,8,16H2,1H3. The second-order valence-corrected chi connectivity index (χ2v) is 7.25. The minimum atomic E-state index is -3.82. The fourth-order valence-corrected chi connectivity index (χ4v) is 3.93. The van der Waals surface area contributed by atoms with Crippen LogP contribution in [0, 0.1) is 0 Å². The molecule has 0 atom stereocenters. The fraction of sp³-hybridized carbons (Fsp3) is 0.154. The smallest absolute Gasteiger partial charge is 0.246 e. The molecule has 2 aromatic rings. The highest BCUT2D eigenvalue weighted by Gasteiger charge is 2.26. The predicted octanol–water partition coefficient (Wildman–Crippen LogP) is 2.79. The summed E-state index contributed by atoms with van der Waals surface area (Å²) in [6.07, 6.45) is 3.19. The molecule has 1 aromatic carbocycles. The molecule has 0 aliphatic heterocycles. The molecule has 1 heterocycles. The number of benzene rings is 1. The normalized spacial score (nSPS) is 11.8. The summed E-state index contributed by atoms with van der Waals surface area (Å²) in [6, 6.07) is 6.19. The van der Waals surface area contributed by atoms with Crippen molar-refractivity contribution in [2.75, 3.05) is 12.8 Å². The Hall–Kier alpha value is -1.34. The van der Waals surface area contributed by atoms with Crippen LogP contribution in [-0.2, 0) is 16.6 Å². The number of sulfonamides is 1. The number of nitrogens with two attached hydrogens (primary N) is 1. The summed E-state index contributed by atoms with van der Waals surface area (Å²) in [7, 11) is -2.36. The third-order valence-electron chi connectivity index (χ3n) is 2.86. The molecule has 112 valence electrons. The highest BCUT2D eigenvalue weighted by Crippen LogP contribution is 2.33. The minimum absolute atomic E-state index is 0.00146. The van der Waals surface area contributed by atoms with Crippen LogP contribution >= 0.6 is 23.2 Å². The van der Waals surface area contributed by atoms with Crippen molar-refractivity contribution in [2.24, 2.45) is 0 Å². The van der Waals surface area contributed by atoms with Crippen LogP contribution in [-0.4, -0.2) is 24.8 Å². The van der Waals surface area contributed by atoms with E-state index in [2.05, 4.69) is 4.98 Å². The van der Waals surface area contributed by atoms with Crippen LogP contribution in [0.2, 0.25) is 10.0 Å². The summed E-state index contributed by atoms with van der Waals surface area (Å²) in [5.41, 5.74) is 6.58. The summed E-state index contributed by atoms with van der Waals surface area (Å²) in [5, 5.41) is 0.287. The van der Waals surface area contributed by atoms with E-state index < -0.39 is 10.0 Å². The molecule has 0 spiro atoms. The van der Waals surface area contributed by atoms with Crippen LogP contribution in [0.25, 0.3) is 0 Å². The maximum Gasteiger partial charge on any atom is 0.246 e. The van der Waals surface area contributed by atoms with Gasteiger partial charge in [-0.2, -0.15) is 4.31 Å². The molecular formula is C13H13Cl2N3O2S. The third-order valence-corrected chi connectivity index (χ3v) is 5.41. The SMILES string of the molecule is CN(Cc1ccncc1)S(=O)(=O)c1c(N)cc(Cl)cc1Cl. The molecule has 5 nitrogen and oxygen atoms in total. The van der Waals surface area contributed by atoms with Gasteiger partial charge in [0.1, 0.15) is 4.90 Å². The topological polar surface area (TPSA) is 76.3 Å². The van der Waals surface area contributed by atoms with Crippen molar-refractivity contribution < 1.29 is 8.42 Å². The van der Waals surface area contributed by atoms with Gasteiger partial charge in [0.05, 0.1) is 10.7 Å². The monoisotopic (exact) mass is 345 g/mol. The van der Waals surface area contributed by atoms with Crippen molar-refractivity contribution in [3.05, 3.63) is 52.3 Å². The maximum atomic E-state index is 12.6. The number of anilines is 1. The van der Waals surface area contributed by atoms with Gasteiger partial charge >= 0.3 is 0 Å². The van der Waals surface area contributed by atoms with Crippen LogP contribution in [0.15, 0.2) is 41.6 Å². The van der Waals surface area contributed by atoms with Gasteiger partial charge in [-0.1, -0.05) is 23.2 Å². The second-order valence-electron chi connectivity index (χ2n) is 4.42. The summed E-state index contributed by atoms with van der Waals surface area (Å²) >= 11 is 11.8. The van der Waals surface area contributed by atoms with Gasteiger partial charge in [0.15, 0.2) is 0 Å². The highest BCUT2D eigenvalue weighted by molar-refractivity contribution is 7.89. The van der Waals surface area contributed by atoms with Crippen LogP contribution in [0.3, 0.4) is 0 Å². The average Bonchev–Trinajstić information content (AvgIpc) is 2.38. The van der Waals surface area contributed by atoms with Crippen LogP contribution in [0.5, 0.6) is 0 Å². The number of hydrogen-bond acceptors (Lipinski definition) is 4. The maximum absolute atomic E-state index is 12.6. The van der Waals surface area contributed by atoms with E-state index in [0.717, 1.165) is 5.56 Å². The summed E-state index contributed by atoms with van der Waals surface area (Å²) in [4.78, 5) is 3.75. The minimum Gasteiger partial charge on any atom is -0.398 e. The number of nitrogen functional groups attached to an aromatic ring is 1. The first-order chi connectivity index (χ1) is 9.82. The van der Waals surface area contributed by atoms with Crippen LogP contribution in [0.4, 0.5) is 5.69 Å². The van der Waals surface area contributed by atoms with E-state index in [1.165, 1.54) is 23.5 Å². The molecule has 2 rings (SSSR count). The van der Waals surface area contributed by atoms with Gasteiger partial charge in [-0.05, 0) is 29.8 Å². The molecule has 0 fully saturated rings. The van der Waals surface area contributed by atoms with Crippen molar-refractivity contribution in [3.63, 3.8) is 0 Å². The molecule has 0 aliphatic rings. The van der Waals surface area contributed by atoms with Gasteiger partial charge in [-0.25, -0.2) is 8.42 Å². The molecule has 0 radical (unpaired) electrons. The van der Waals surface area contributed by atoms with Gasteiger partial charge in [0.25, 0.3) is 0 Å². The van der Waals surface area contributed by atoms with Gasteiger partial charge in [-0.3, -0.25) is 4.98 Å². The van der Waals surface area contributed by atoms with Crippen molar-refractivity contribution in [1.29, 1.82) is 0 Å². The molecular weight excluding hydrogens is 333 g/mol. The molecule has 0 unspecified atom stereocenters. The Bertz CT molecular complexity index is 728. The van der Waals surface area contributed by atoms with E-state index in [4.69, 9.17) is 28.9 Å². The molecule has 21 heavy (non-hydrogen) atoms. The lowest BCUT2D eigenvalue weighted by atomic mass is 10.3. The van der Waals surface area contributed by atoms with E-state index in [1.807, 2.05) is 0 Å². The Morgan fingerprint density at radius 1 is 1.24 bits per heavy atom. The Morgan fingerprint density at radius 2 is 1.86 bits per heavy atom. The zero-order chi connectivity index (χ0) is 15.6. The summed E-state index contributed by atoms with van der Waals surface area (Å²) < 4.78 is 26.4. The molecule has 0 saturated heterocycles. The van der Waals surface area contributed by atoms with Gasteiger partial charge in [0.2, 0.25) is 10.0 Å². The van der Waals surface area contributed by atoms with Crippen LogP contribution < -0.4 is 5.73 Å². The molecule has 0 saturated carbocycles. The van der Waals surface area contributed by atoms with Crippen molar-refractivity contribution in [3.8, 4) is 0 Å². The molecule has 0 bridgehead atoms. The molecule has 0 aliphatic carbocycles. The first kappa shape index (κ1) is 16.0. The number of aromatic nitrogens is 1. The lowest BCUT2D eigenvalue weighted by Gasteiger charge is -2.19. The summed E-state index contributed by atoms with van der Waals surface area (Å²) in [5.74, 6) is 0. The third kappa shape index (κ3) is 3.47. The largest absolute Gasteiger partial charge is 0.398 e. The van der Waals surface area contributed by atoms with Gasteiger partial charge in [0, 0.05) is 31.0 Å². The highest BCUT2D eigenvalue weighted by atomic mass is 35.5. The fourth-order valence-electron chi connectivity index (χ4n) is 1.84. The lowest BCUT2D eigenvalue weighted by molar-refractivity contribution is 0.467. The van der Waals surface area contributed by atoms with Crippen molar-refractivity contribution in [1.82, 2.24) is 9.29 Å². The van der Waals surface area contributed by atoms with Crippen molar-refractivity contribution >= 4 is 38.9 Å². The number of rotatable bonds is 4. The Kier molecular flexibility index (Phi) is 4.73. The lowest BCUT2D eigenvalue weighted by Crippen LogP contribution is -2.27. The van der Waals surface area contributed by atoms with Gasteiger partial charge < -0.3 is 5.73 Å². The zero-order valence-corrected chi connectivity index (χ0v) is 13.5. The molecule has 1 aromatic heterocycles. The summed E-state index contributed by atoms with van der Waals surface area (Å²) in [6.45, 7) is 0.184. The number of hydrogen-bond donors (Lipinski definition) is 1. The van der Waals surface area contributed by atoms with E-state index in [0.29, 0.717) is 0 Å². The number of pyridine rings is 1. The number of nitrogens with zero attached hydrogens (tertiary/aromatic N) is 2. The Morgan fingerprint density at radius 3 is 2.43 bits per heavy atom. The number of halogens is 2. The van der Waals surface area contributed by atoms with E-state index in [9.17, 15) is 8.42 Å². The molecule has 0 amide bonds. The first-order valence-electron chi connectivity index (χ1n) is 5.92. The van der Waals surface area contributed by atoms with Gasteiger partial charge in [-0.15, -0.1) is 0 Å². The van der Waals surface area contributed by atoms with Crippen LogP contribution in [0.1, 0.15) is 5.56 Å². The Labute approximate surface area is 133 Å². The Balaban J connectivity index is 2.38. The molecule has 2 N–H and O–H groups in total. The van der Waals surface area contributed by atoms with E-state index in [1.54, 1.807) is 24.5 Å². The zero-order valence-electron chi connectivity index (χ0n) is 11.1. The van der Waals surface area contributed by atoms with E-state index in [-0.39, 0.29) is 27.2 Å². The second kappa shape index (κ2) is 6.19. The predicted molar refractivity (Wildman–Crippen MR) is 83.8 cm³/mol. The molecule has 8 heteroatoms. The van der Waals surface area contributed by atoms with E-state index >= 15 is 0 Å². The first-order valence-corrected chi connectivity index (χ1v) is 8.11.